The van der Waals surface area contributed by atoms with Crippen molar-refractivity contribution in [3.63, 3.8) is 0 Å². The van der Waals surface area contributed by atoms with E-state index in [1.54, 1.807) is 0 Å². The molecule has 1 aliphatic carbocycles. The van der Waals surface area contributed by atoms with Gasteiger partial charge < -0.3 is 5.11 Å². The van der Waals surface area contributed by atoms with Crippen LogP contribution in [0.25, 0.3) is 0 Å². The fourth-order valence-electron chi connectivity index (χ4n) is 2.57. The van der Waals surface area contributed by atoms with Gasteiger partial charge in [0, 0.05) is 11.6 Å². The number of benzene rings is 1. The highest BCUT2D eigenvalue weighted by atomic mass is 35.5. The maximum Gasteiger partial charge on any atom is 0.0462 e. The zero-order valence-corrected chi connectivity index (χ0v) is 9.80. The molecule has 1 aliphatic rings. The van der Waals surface area contributed by atoms with E-state index in [1.807, 2.05) is 12.1 Å². The van der Waals surface area contributed by atoms with E-state index in [-0.39, 0.29) is 6.61 Å². The van der Waals surface area contributed by atoms with Crippen LogP contribution in [0.2, 0.25) is 5.02 Å². The smallest absolute Gasteiger partial charge is 0.0462 e. The van der Waals surface area contributed by atoms with Crippen LogP contribution >= 0.6 is 11.6 Å². The Morgan fingerprint density at radius 2 is 2.33 bits per heavy atom. The van der Waals surface area contributed by atoms with Gasteiger partial charge in [-0.05, 0) is 48.3 Å². The van der Waals surface area contributed by atoms with Crippen molar-refractivity contribution in [2.45, 2.75) is 32.1 Å². The largest absolute Gasteiger partial charge is 0.396 e. The van der Waals surface area contributed by atoms with Crippen molar-refractivity contribution in [1.29, 1.82) is 0 Å². The Balaban J connectivity index is 2.40. The Hall–Kier alpha value is -0.530. The summed E-state index contributed by atoms with van der Waals surface area (Å²) in [5.41, 5.74) is 2.66. The van der Waals surface area contributed by atoms with Gasteiger partial charge in [0.05, 0.1) is 0 Å². The van der Waals surface area contributed by atoms with Crippen LogP contribution < -0.4 is 0 Å². The summed E-state index contributed by atoms with van der Waals surface area (Å²) in [6.45, 7) is 2.35. The lowest BCUT2D eigenvalue weighted by Gasteiger charge is -2.30. The first-order valence-electron chi connectivity index (χ1n) is 5.62. The lowest BCUT2D eigenvalue weighted by Crippen LogP contribution is -2.19. The van der Waals surface area contributed by atoms with Gasteiger partial charge in [-0.15, -0.1) is 0 Å². The van der Waals surface area contributed by atoms with Crippen molar-refractivity contribution in [3.8, 4) is 0 Å². The molecule has 2 unspecified atom stereocenters. The summed E-state index contributed by atoms with van der Waals surface area (Å²) in [7, 11) is 0. The zero-order chi connectivity index (χ0) is 10.8. The normalized spacial score (nSPS) is 22.2. The molecule has 2 rings (SSSR count). The number of aliphatic hydroxyl groups excluding tert-OH is 1. The molecular formula is C13H17ClO. The fraction of sp³-hybridized carbons (Fsp3) is 0.538. The van der Waals surface area contributed by atoms with Crippen LogP contribution in [0.3, 0.4) is 0 Å². The van der Waals surface area contributed by atoms with Crippen LogP contribution in [0.15, 0.2) is 18.2 Å². The van der Waals surface area contributed by atoms with Crippen LogP contribution in [0.1, 0.15) is 36.8 Å². The quantitative estimate of drug-likeness (QED) is 0.817. The van der Waals surface area contributed by atoms with E-state index >= 15 is 0 Å². The molecule has 2 atom stereocenters. The van der Waals surface area contributed by atoms with Gasteiger partial charge in [-0.3, -0.25) is 0 Å². The average molecular weight is 225 g/mol. The highest BCUT2D eigenvalue weighted by Crippen LogP contribution is 2.40. The van der Waals surface area contributed by atoms with E-state index in [1.165, 1.54) is 17.5 Å². The lowest BCUT2D eigenvalue weighted by molar-refractivity contribution is 0.208. The van der Waals surface area contributed by atoms with E-state index in [2.05, 4.69) is 13.0 Å². The minimum atomic E-state index is 0.245. The number of fused-ring (bicyclic) bond motifs is 1. The molecule has 0 spiro atoms. The molecule has 15 heavy (non-hydrogen) atoms. The molecule has 1 nitrogen and oxygen atoms in total. The Morgan fingerprint density at radius 1 is 1.53 bits per heavy atom. The molecule has 2 heteroatoms. The third-order valence-electron chi connectivity index (χ3n) is 3.45. The van der Waals surface area contributed by atoms with Gasteiger partial charge in [-0.1, -0.05) is 30.7 Å². The molecule has 0 fully saturated rings. The third-order valence-corrected chi connectivity index (χ3v) is 3.78. The molecule has 0 saturated heterocycles. The number of hydrogen-bond donors (Lipinski definition) is 1. The maximum atomic E-state index is 9.26. The molecular weight excluding hydrogens is 208 g/mol. The van der Waals surface area contributed by atoms with Crippen molar-refractivity contribution in [3.05, 3.63) is 34.3 Å². The van der Waals surface area contributed by atoms with Crippen LogP contribution in [0.5, 0.6) is 0 Å². The lowest BCUT2D eigenvalue weighted by atomic mass is 9.76. The standard InChI is InChI=1S/C13H17ClO/c1-9(8-15)11-6-2-4-10-5-3-7-12(14)13(10)11/h3,5,7,9,11,15H,2,4,6,8H2,1H3. The SMILES string of the molecule is CC(CO)C1CCCc2cccc(Cl)c21. The van der Waals surface area contributed by atoms with Crippen LogP contribution in [-0.4, -0.2) is 11.7 Å². The molecule has 1 N–H and O–H groups in total. The van der Waals surface area contributed by atoms with Gasteiger partial charge in [-0.2, -0.15) is 0 Å². The predicted octanol–water partition coefficient (Wildman–Crippen LogP) is 3.39. The van der Waals surface area contributed by atoms with Crippen LogP contribution in [-0.2, 0) is 6.42 Å². The van der Waals surface area contributed by atoms with Crippen LogP contribution in [0.4, 0.5) is 0 Å². The second-order valence-electron chi connectivity index (χ2n) is 4.47. The fourth-order valence-corrected chi connectivity index (χ4v) is 2.90. The summed E-state index contributed by atoms with van der Waals surface area (Å²) >= 11 is 6.26. The zero-order valence-electron chi connectivity index (χ0n) is 9.04. The van der Waals surface area contributed by atoms with E-state index in [9.17, 15) is 5.11 Å². The number of aliphatic hydroxyl groups is 1. The van der Waals surface area contributed by atoms with Gasteiger partial charge in [0.1, 0.15) is 0 Å². The molecule has 0 radical (unpaired) electrons. The van der Waals surface area contributed by atoms with E-state index < -0.39 is 0 Å². The molecule has 0 bridgehead atoms. The summed E-state index contributed by atoms with van der Waals surface area (Å²) in [4.78, 5) is 0. The number of hydrogen-bond acceptors (Lipinski definition) is 1. The van der Waals surface area contributed by atoms with E-state index in [4.69, 9.17) is 11.6 Å². The molecule has 1 aromatic carbocycles. The summed E-state index contributed by atoms with van der Waals surface area (Å²) in [5.74, 6) is 0.747. The third kappa shape index (κ3) is 2.04. The van der Waals surface area contributed by atoms with Gasteiger partial charge in [0.15, 0.2) is 0 Å². The van der Waals surface area contributed by atoms with Crippen molar-refractivity contribution in [1.82, 2.24) is 0 Å². The van der Waals surface area contributed by atoms with Crippen LogP contribution in [0, 0.1) is 5.92 Å². The van der Waals surface area contributed by atoms with E-state index in [0.29, 0.717) is 11.8 Å². The molecule has 0 aromatic heterocycles. The highest BCUT2D eigenvalue weighted by Gasteiger charge is 2.26. The number of aryl methyl sites for hydroxylation is 1. The Morgan fingerprint density at radius 3 is 3.07 bits per heavy atom. The minimum Gasteiger partial charge on any atom is -0.396 e. The van der Waals surface area contributed by atoms with Gasteiger partial charge >= 0.3 is 0 Å². The van der Waals surface area contributed by atoms with Crippen molar-refractivity contribution >= 4 is 11.6 Å². The second-order valence-corrected chi connectivity index (χ2v) is 4.88. The molecule has 0 heterocycles. The Labute approximate surface area is 96.1 Å². The summed E-state index contributed by atoms with van der Waals surface area (Å²) < 4.78 is 0. The summed E-state index contributed by atoms with van der Waals surface area (Å²) in [5, 5.41) is 10.1. The molecule has 1 aromatic rings. The monoisotopic (exact) mass is 224 g/mol. The molecule has 82 valence electrons. The first-order chi connectivity index (χ1) is 7.24. The average Bonchev–Trinajstić information content (AvgIpc) is 2.28. The van der Waals surface area contributed by atoms with E-state index in [0.717, 1.165) is 17.9 Å². The number of halogens is 1. The Bertz CT molecular complexity index is 348. The second kappa shape index (κ2) is 4.54. The first-order valence-corrected chi connectivity index (χ1v) is 6.00. The topological polar surface area (TPSA) is 20.2 Å². The maximum absolute atomic E-state index is 9.26. The highest BCUT2D eigenvalue weighted by molar-refractivity contribution is 6.31. The summed E-state index contributed by atoms with van der Waals surface area (Å²) in [6.07, 6.45) is 3.49. The molecule has 0 saturated carbocycles. The van der Waals surface area contributed by atoms with Crippen molar-refractivity contribution < 1.29 is 5.11 Å². The van der Waals surface area contributed by atoms with Gasteiger partial charge in [-0.25, -0.2) is 0 Å². The first kappa shape index (κ1) is 11.0. The summed E-state index contributed by atoms with van der Waals surface area (Å²) in [6, 6.07) is 6.15. The molecule has 0 amide bonds. The number of rotatable bonds is 2. The predicted molar refractivity (Wildman–Crippen MR) is 63.4 cm³/mol. The van der Waals surface area contributed by atoms with Gasteiger partial charge in [0.2, 0.25) is 0 Å². The van der Waals surface area contributed by atoms with Crippen molar-refractivity contribution in [2.75, 3.05) is 6.61 Å². The van der Waals surface area contributed by atoms with Gasteiger partial charge in [0.25, 0.3) is 0 Å². The Kier molecular flexibility index (Phi) is 3.32. The van der Waals surface area contributed by atoms with Crippen molar-refractivity contribution in [2.24, 2.45) is 5.92 Å². The molecule has 0 aliphatic heterocycles. The minimum absolute atomic E-state index is 0.245.